The Hall–Kier alpha value is -0.453. The Morgan fingerprint density at radius 1 is 1.33 bits per heavy atom. The molecule has 1 aromatic rings. The predicted octanol–water partition coefficient (Wildman–Crippen LogP) is 4.57. The van der Waals surface area contributed by atoms with E-state index in [1.165, 1.54) is 4.88 Å². The van der Waals surface area contributed by atoms with Crippen LogP contribution in [0, 0.1) is 0 Å². The van der Waals surface area contributed by atoms with Crippen LogP contribution < -0.4 is 0 Å². The average Bonchev–Trinajstić information content (AvgIpc) is 2.85. The fourth-order valence-corrected chi connectivity index (χ4v) is 4.49. The van der Waals surface area contributed by atoms with Gasteiger partial charge in [-0.05, 0) is 43.1 Å². The first-order chi connectivity index (χ1) is 8.20. The number of carbonyl (C=O) groups is 1. The molecule has 1 aromatic heterocycles. The molecule has 2 nitrogen and oxygen atoms in total. The number of thiophene rings is 1. The summed E-state index contributed by atoms with van der Waals surface area (Å²) in [6, 6.07) is 3.97. The molecule has 18 heavy (non-hydrogen) atoms. The van der Waals surface area contributed by atoms with E-state index in [1.54, 1.807) is 11.3 Å². The van der Waals surface area contributed by atoms with Gasteiger partial charge >= 0.3 is 0 Å². The zero-order chi connectivity index (χ0) is 13.6. The normalized spacial score (nSPS) is 18.7. The summed E-state index contributed by atoms with van der Waals surface area (Å²) < 4.78 is 6.58. The van der Waals surface area contributed by atoms with Crippen LogP contribution in [-0.2, 0) is 10.0 Å². The van der Waals surface area contributed by atoms with Crippen LogP contribution in [0.25, 0.3) is 0 Å². The second kappa shape index (κ2) is 4.29. The molecule has 100 valence electrons. The molecule has 0 atom stereocenters. The predicted molar refractivity (Wildman–Crippen MR) is 78.9 cm³/mol. The molecule has 1 fully saturated rings. The van der Waals surface area contributed by atoms with Gasteiger partial charge < -0.3 is 4.43 Å². The van der Waals surface area contributed by atoms with Gasteiger partial charge in [-0.1, -0.05) is 20.8 Å². The summed E-state index contributed by atoms with van der Waals surface area (Å²) in [7, 11) is -1.74. The minimum absolute atomic E-state index is 0.0745. The standard InChI is InChI=1S/C14H22O2SSi/c1-13(2,3)18(4,5)16-14(8-9-14)12-7-6-11(10-15)17-12/h6-7,10H,8-9H2,1-5H3. The Labute approximate surface area is 114 Å². The quantitative estimate of drug-likeness (QED) is 0.597. The van der Waals surface area contributed by atoms with Gasteiger partial charge in [0.2, 0.25) is 0 Å². The first kappa shape index (κ1) is 14.0. The summed E-state index contributed by atoms with van der Waals surface area (Å²) in [5.74, 6) is 0. The highest BCUT2D eigenvalue weighted by Crippen LogP contribution is 2.55. The maximum Gasteiger partial charge on any atom is 0.193 e. The van der Waals surface area contributed by atoms with Gasteiger partial charge in [-0.2, -0.15) is 0 Å². The Bertz CT molecular complexity index is 453. The maximum absolute atomic E-state index is 10.8. The zero-order valence-corrected chi connectivity index (χ0v) is 13.7. The molecule has 1 heterocycles. The number of carbonyl (C=O) groups excluding carboxylic acids is 1. The lowest BCUT2D eigenvalue weighted by Crippen LogP contribution is -2.43. The van der Waals surface area contributed by atoms with E-state index in [4.69, 9.17) is 4.43 Å². The molecule has 0 aromatic carbocycles. The molecule has 0 radical (unpaired) electrons. The second-order valence-corrected chi connectivity index (χ2v) is 12.5. The summed E-state index contributed by atoms with van der Waals surface area (Å²) in [4.78, 5) is 12.8. The summed E-state index contributed by atoms with van der Waals surface area (Å²) in [6.07, 6.45) is 3.12. The first-order valence-corrected chi connectivity index (χ1v) is 10.2. The van der Waals surface area contributed by atoms with Crippen LogP contribution >= 0.6 is 11.3 Å². The minimum Gasteiger partial charge on any atom is -0.407 e. The molecule has 1 aliphatic carbocycles. The highest BCUT2D eigenvalue weighted by Gasteiger charge is 2.53. The van der Waals surface area contributed by atoms with E-state index in [2.05, 4.69) is 39.9 Å². The van der Waals surface area contributed by atoms with Crippen molar-refractivity contribution in [2.45, 2.75) is 57.3 Å². The molecule has 0 amide bonds. The SMILES string of the molecule is CC(C)(C)[Si](C)(C)OC1(c2ccc(C=O)s2)CC1. The Morgan fingerprint density at radius 2 is 1.94 bits per heavy atom. The van der Waals surface area contributed by atoms with Crippen molar-refractivity contribution in [3.8, 4) is 0 Å². The maximum atomic E-state index is 10.8. The van der Waals surface area contributed by atoms with Gasteiger partial charge in [-0.15, -0.1) is 11.3 Å². The largest absolute Gasteiger partial charge is 0.407 e. The van der Waals surface area contributed by atoms with Crippen LogP contribution in [0.1, 0.15) is 48.2 Å². The molecule has 1 aliphatic rings. The summed E-state index contributed by atoms with van der Waals surface area (Å²) in [5.41, 5.74) is -0.0745. The van der Waals surface area contributed by atoms with Crippen molar-refractivity contribution in [3.05, 3.63) is 21.9 Å². The van der Waals surface area contributed by atoms with E-state index < -0.39 is 8.32 Å². The van der Waals surface area contributed by atoms with Gasteiger partial charge in [0.15, 0.2) is 14.6 Å². The van der Waals surface area contributed by atoms with Crippen LogP contribution in [0.4, 0.5) is 0 Å². The molecular weight excluding hydrogens is 260 g/mol. The number of hydrogen-bond donors (Lipinski definition) is 0. The molecule has 0 saturated heterocycles. The molecule has 0 aliphatic heterocycles. The molecule has 2 rings (SSSR count). The van der Waals surface area contributed by atoms with Crippen molar-refractivity contribution in [3.63, 3.8) is 0 Å². The molecule has 0 N–H and O–H groups in total. The van der Waals surface area contributed by atoms with Crippen LogP contribution in [0.2, 0.25) is 18.1 Å². The van der Waals surface area contributed by atoms with Gasteiger partial charge in [0, 0.05) is 4.88 Å². The summed E-state index contributed by atoms with van der Waals surface area (Å²) >= 11 is 1.58. The van der Waals surface area contributed by atoms with Crippen LogP contribution in [0.3, 0.4) is 0 Å². The lowest BCUT2D eigenvalue weighted by atomic mass is 10.2. The first-order valence-electron chi connectivity index (χ1n) is 6.46. The van der Waals surface area contributed by atoms with E-state index in [0.29, 0.717) is 0 Å². The van der Waals surface area contributed by atoms with E-state index in [-0.39, 0.29) is 10.6 Å². The monoisotopic (exact) mass is 282 g/mol. The van der Waals surface area contributed by atoms with Gasteiger partial charge in [-0.25, -0.2) is 0 Å². The molecule has 0 bridgehead atoms. The fourth-order valence-electron chi connectivity index (χ4n) is 1.81. The Balaban J connectivity index is 2.21. The van der Waals surface area contributed by atoms with Gasteiger partial charge in [0.1, 0.15) is 0 Å². The lowest BCUT2D eigenvalue weighted by molar-refractivity contribution is 0.112. The second-order valence-electron chi connectivity index (χ2n) is 6.68. The van der Waals surface area contributed by atoms with Crippen molar-refractivity contribution in [1.82, 2.24) is 0 Å². The van der Waals surface area contributed by atoms with Gasteiger partial charge in [0.25, 0.3) is 0 Å². The minimum atomic E-state index is -1.74. The third kappa shape index (κ3) is 2.46. The van der Waals surface area contributed by atoms with E-state index in [9.17, 15) is 4.79 Å². The van der Waals surface area contributed by atoms with Crippen molar-refractivity contribution < 1.29 is 9.22 Å². The highest BCUT2D eigenvalue weighted by atomic mass is 32.1. The van der Waals surface area contributed by atoms with Crippen LogP contribution in [0.15, 0.2) is 12.1 Å². The lowest BCUT2D eigenvalue weighted by Gasteiger charge is -2.39. The van der Waals surface area contributed by atoms with Crippen molar-refractivity contribution in [2.24, 2.45) is 0 Å². The molecule has 0 unspecified atom stereocenters. The van der Waals surface area contributed by atoms with Crippen LogP contribution in [-0.4, -0.2) is 14.6 Å². The van der Waals surface area contributed by atoms with E-state index >= 15 is 0 Å². The molecule has 1 saturated carbocycles. The fraction of sp³-hybridized carbons (Fsp3) is 0.643. The van der Waals surface area contributed by atoms with Crippen molar-refractivity contribution in [1.29, 1.82) is 0 Å². The topological polar surface area (TPSA) is 26.3 Å². The van der Waals surface area contributed by atoms with E-state index in [0.717, 1.165) is 24.0 Å². The zero-order valence-electron chi connectivity index (χ0n) is 11.9. The van der Waals surface area contributed by atoms with Crippen LogP contribution in [0.5, 0.6) is 0 Å². The summed E-state index contributed by atoms with van der Waals surface area (Å²) in [5, 5.41) is 0.230. The smallest absolute Gasteiger partial charge is 0.193 e. The summed E-state index contributed by atoms with van der Waals surface area (Å²) in [6.45, 7) is 11.4. The number of rotatable bonds is 4. The number of aldehydes is 1. The highest BCUT2D eigenvalue weighted by molar-refractivity contribution is 7.13. The number of hydrogen-bond acceptors (Lipinski definition) is 3. The van der Waals surface area contributed by atoms with Gasteiger partial charge in [0.05, 0.1) is 10.5 Å². The third-order valence-electron chi connectivity index (χ3n) is 4.15. The van der Waals surface area contributed by atoms with Crippen molar-refractivity contribution >= 4 is 25.9 Å². The van der Waals surface area contributed by atoms with Crippen molar-refractivity contribution in [2.75, 3.05) is 0 Å². The Kier molecular flexibility index (Phi) is 3.33. The Morgan fingerprint density at radius 3 is 2.33 bits per heavy atom. The average molecular weight is 282 g/mol. The molecule has 0 spiro atoms. The van der Waals surface area contributed by atoms with Gasteiger partial charge in [-0.3, -0.25) is 4.79 Å². The molecular formula is C14H22O2SSi. The van der Waals surface area contributed by atoms with E-state index in [1.807, 2.05) is 6.07 Å². The third-order valence-corrected chi connectivity index (χ3v) is 9.86. The molecule has 4 heteroatoms.